The number of hydrogen-bond donors (Lipinski definition) is 1. The van der Waals surface area contributed by atoms with Crippen LogP contribution < -0.4 is 5.73 Å². The third-order valence-electron chi connectivity index (χ3n) is 3.49. The summed E-state index contributed by atoms with van der Waals surface area (Å²) in [4.78, 5) is 0.0611. The molecule has 0 heterocycles. The zero-order valence-corrected chi connectivity index (χ0v) is 11.1. The summed E-state index contributed by atoms with van der Waals surface area (Å²) in [5, 5.41) is -0.242. The molecule has 0 spiro atoms. The van der Waals surface area contributed by atoms with Crippen LogP contribution in [0.5, 0.6) is 0 Å². The van der Waals surface area contributed by atoms with E-state index in [-0.39, 0.29) is 16.2 Å². The Morgan fingerprint density at radius 2 is 2.06 bits per heavy atom. The molecule has 1 fully saturated rings. The maximum absolute atomic E-state index is 13.6. The highest BCUT2D eigenvalue weighted by Crippen LogP contribution is 2.30. The smallest absolute Gasteiger partial charge is 0.142 e. The zero-order valence-electron chi connectivity index (χ0n) is 10.2. The summed E-state index contributed by atoms with van der Waals surface area (Å²) in [6.07, 6.45) is 2.55. The first-order chi connectivity index (χ1) is 8.49. The first-order valence-electron chi connectivity index (χ1n) is 6.10. The fourth-order valence-electron chi connectivity index (χ4n) is 2.40. The number of halogens is 2. The quantitative estimate of drug-likeness (QED) is 0.900. The van der Waals surface area contributed by atoms with Crippen molar-refractivity contribution in [3.05, 3.63) is 29.8 Å². The molecule has 1 saturated carbocycles. The molecule has 0 radical (unpaired) electrons. The topological polar surface area (TPSA) is 43.1 Å². The van der Waals surface area contributed by atoms with Gasteiger partial charge in [-0.3, -0.25) is 4.21 Å². The molecule has 0 aliphatic heterocycles. The van der Waals surface area contributed by atoms with Crippen LogP contribution in [0.25, 0.3) is 0 Å². The Hall–Kier alpha value is -0.810. The van der Waals surface area contributed by atoms with Gasteiger partial charge in [-0.2, -0.15) is 0 Å². The van der Waals surface area contributed by atoms with Crippen LogP contribution in [0.15, 0.2) is 23.1 Å². The van der Waals surface area contributed by atoms with Gasteiger partial charge in [0.25, 0.3) is 0 Å². The van der Waals surface area contributed by atoms with E-state index in [1.54, 1.807) is 0 Å². The molecule has 0 bridgehead atoms. The Bertz CT molecular complexity index is 466. The van der Waals surface area contributed by atoms with Crippen molar-refractivity contribution in [2.24, 2.45) is 11.7 Å². The summed E-state index contributed by atoms with van der Waals surface area (Å²) in [5.41, 5.74) is 5.97. The maximum atomic E-state index is 13.6. The van der Waals surface area contributed by atoms with Gasteiger partial charge in [-0.05, 0) is 37.3 Å². The summed E-state index contributed by atoms with van der Waals surface area (Å²) < 4.78 is 38.8. The predicted octanol–water partition coefficient (Wildman–Crippen LogP) is 2.59. The minimum Gasteiger partial charge on any atom is -0.327 e. The molecule has 100 valence electrons. The number of nitrogens with two attached hydrogens (primary N) is 1. The van der Waals surface area contributed by atoms with Crippen molar-refractivity contribution in [1.29, 1.82) is 0 Å². The van der Waals surface area contributed by atoms with Gasteiger partial charge in [-0.1, -0.05) is 6.92 Å². The Labute approximate surface area is 108 Å². The first kappa shape index (κ1) is 13.6. The van der Waals surface area contributed by atoms with Crippen LogP contribution in [0, 0.1) is 17.6 Å². The van der Waals surface area contributed by atoms with Crippen LogP contribution in [-0.2, 0) is 10.8 Å². The molecule has 1 aromatic carbocycles. The van der Waals surface area contributed by atoms with Crippen LogP contribution in [0.3, 0.4) is 0 Å². The van der Waals surface area contributed by atoms with E-state index in [2.05, 4.69) is 6.92 Å². The Morgan fingerprint density at radius 3 is 2.72 bits per heavy atom. The van der Waals surface area contributed by atoms with E-state index < -0.39 is 22.4 Å². The molecule has 1 aromatic rings. The van der Waals surface area contributed by atoms with E-state index >= 15 is 0 Å². The zero-order chi connectivity index (χ0) is 13.3. The molecular weight excluding hydrogens is 256 g/mol. The van der Waals surface area contributed by atoms with Crippen molar-refractivity contribution in [2.45, 2.75) is 42.4 Å². The van der Waals surface area contributed by atoms with Crippen LogP contribution in [0.2, 0.25) is 0 Å². The van der Waals surface area contributed by atoms with Gasteiger partial charge in [-0.15, -0.1) is 0 Å². The highest BCUT2D eigenvalue weighted by atomic mass is 32.2. The largest absolute Gasteiger partial charge is 0.327 e. The third kappa shape index (κ3) is 2.78. The predicted molar refractivity (Wildman–Crippen MR) is 67.5 cm³/mol. The molecule has 0 saturated heterocycles. The first-order valence-corrected chi connectivity index (χ1v) is 7.31. The van der Waals surface area contributed by atoms with Gasteiger partial charge in [0.2, 0.25) is 0 Å². The summed E-state index contributed by atoms with van der Waals surface area (Å²) in [7, 11) is -1.51. The minimum atomic E-state index is -1.51. The summed E-state index contributed by atoms with van der Waals surface area (Å²) in [6, 6.07) is 2.98. The van der Waals surface area contributed by atoms with E-state index in [0.717, 1.165) is 31.4 Å². The molecule has 2 rings (SSSR count). The number of benzene rings is 1. The monoisotopic (exact) mass is 273 g/mol. The maximum Gasteiger partial charge on any atom is 0.142 e. The van der Waals surface area contributed by atoms with Crippen molar-refractivity contribution < 1.29 is 13.0 Å². The van der Waals surface area contributed by atoms with Gasteiger partial charge in [0.1, 0.15) is 11.6 Å². The third-order valence-corrected chi connectivity index (χ3v) is 5.35. The minimum absolute atomic E-state index is 0.0611. The number of rotatable bonds is 2. The lowest BCUT2D eigenvalue weighted by atomic mass is 9.87. The van der Waals surface area contributed by atoms with Crippen molar-refractivity contribution in [2.75, 3.05) is 0 Å². The van der Waals surface area contributed by atoms with Crippen molar-refractivity contribution >= 4 is 10.8 Å². The Kier molecular flexibility index (Phi) is 4.12. The van der Waals surface area contributed by atoms with Gasteiger partial charge >= 0.3 is 0 Å². The second-order valence-corrected chi connectivity index (χ2v) is 6.63. The Balaban J connectivity index is 2.24. The lowest BCUT2D eigenvalue weighted by Gasteiger charge is -2.31. The van der Waals surface area contributed by atoms with E-state index in [1.807, 2.05) is 0 Å². The lowest BCUT2D eigenvalue weighted by molar-refractivity contribution is 0.352. The van der Waals surface area contributed by atoms with E-state index in [1.165, 1.54) is 6.07 Å². The molecule has 0 aromatic heterocycles. The normalized spacial score (nSPS) is 30.1. The second-order valence-electron chi connectivity index (χ2n) is 4.99. The van der Waals surface area contributed by atoms with Gasteiger partial charge in [0.05, 0.1) is 20.9 Å². The van der Waals surface area contributed by atoms with Crippen molar-refractivity contribution in [3.63, 3.8) is 0 Å². The molecule has 4 unspecified atom stereocenters. The molecule has 18 heavy (non-hydrogen) atoms. The van der Waals surface area contributed by atoms with Gasteiger partial charge in [0, 0.05) is 12.1 Å². The highest BCUT2D eigenvalue weighted by Gasteiger charge is 2.32. The fraction of sp³-hybridized carbons (Fsp3) is 0.538. The van der Waals surface area contributed by atoms with E-state index in [9.17, 15) is 13.0 Å². The van der Waals surface area contributed by atoms with Gasteiger partial charge in [0.15, 0.2) is 0 Å². The van der Waals surface area contributed by atoms with E-state index in [4.69, 9.17) is 5.73 Å². The van der Waals surface area contributed by atoms with Crippen LogP contribution >= 0.6 is 0 Å². The average molecular weight is 273 g/mol. The molecule has 0 amide bonds. The second kappa shape index (κ2) is 5.45. The van der Waals surface area contributed by atoms with Crippen molar-refractivity contribution in [1.82, 2.24) is 0 Å². The molecule has 4 atom stereocenters. The van der Waals surface area contributed by atoms with Crippen molar-refractivity contribution in [3.8, 4) is 0 Å². The molecule has 5 heteroatoms. The van der Waals surface area contributed by atoms with Crippen LogP contribution in [0.1, 0.15) is 26.2 Å². The molecule has 2 N–H and O–H groups in total. The van der Waals surface area contributed by atoms with E-state index in [0.29, 0.717) is 5.92 Å². The molecule has 1 aliphatic carbocycles. The van der Waals surface area contributed by atoms with Crippen LogP contribution in [0.4, 0.5) is 8.78 Å². The standard InChI is InChI=1S/C13H17F2NOS/c1-8-2-4-11(16)13(6-8)18(17)12-5-3-9(14)7-10(12)15/h3,5,7-8,11,13H,2,4,6,16H2,1H3. The fourth-order valence-corrected chi connectivity index (χ4v) is 4.14. The van der Waals surface area contributed by atoms with Gasteiger partial charge in [-0.25, -0.2) is 8.78 Å². The Morgan fingerprint density at radius 1 is 1.33 bits per heavy atom. The molecule has 2 nitrogen and oxygen atoms in total. The van der Waals surface area contributed by atoms with Gasteiger partial charge < -0.3 is 5.73 Å². The SMILES string of the molecule is CC1CCC(N)C(S(=O)c2ccc(F)cc2F)C1. The summed E-state index contributed by atoms with van der Waals surface area (Å²) in [5.74, 6) is -0.962. The highest BCUT2D eigenvalue weighted by molar-refractivity contribution is 7.85. The summed E-state index contributed by atoms with van der Waals surface area (Å²) >= 11 is 0. The average Bonchev–Trinajstić information content (AvgIpc) is 2.31. The summed E-state index contributed by atoms with van der Waals surface area (Å²) in [6.45, 7) is 2.08. The lowest BCUT2D eigenvalue weighted by Crippen LogP contribution is -2.42. The molecular formula is C13H17F2NOS. The number of hydrogen-bond acceptors (Lipinski definition) is 2. The van der Waals surface area contributed by atoms with Crippen LogP contribution in [-0.4, -0.2) is 15.5 Å². The molecule has 1 aliphatic rings.